The summed E-state index contributed by atoms with van der Waals surface area (Å²) in [5, 5.41) is 0. The van der Waals surface area contributed by atoms with E-state index in [1.54, 1.807) is 6.33 Å². The highest BCUT2D eigenvalue weighted by atomic mass is 15.2. The molecule has 14 heavy (non-hydrogen) atoms. The highest BCUT2D eigenvalue weighted by Crippen LogP contribution is 2.18. The van der Waals surface area contributed by atoms with Gasteiger partial charge >= 0.3 is 0 Å². The number of nitrogens with zero attached hydrogens (tertiary/aromatic N) is 3. The van der Waals surface area contributed by atoms with Crippen LogP contribution in [0.2, 0.25) is 0 Å². The molecule has 0 amide bonds. The minimum absolute atomic E-state index is 0.670. The third kappa shape index (κ3) is 1.77. The molecule has 3 heteroatoms. The highest BCUT2D eigenvalue weighted by Gasteiger charge is 2.19. The Hall–Kier alpha value is -0.960. The molecule has 1 unspecified atom stereocenters. The Morgan fingerprint density at radius 3 is 3.21 bits per heavy atom. The van der Waals surface area contributed by atoms with Crippen LogP contribution >= 0.6 is 0 Å². The maximum absolute atomic E-state index is 4.30. The third-order valence-electron chi connectivity index (χ3n) is 3.10. The fraction of sp³-hybridized carbons (Fsp3) is 0.636. The molecule has 0 fully saturated rings. The summed E-state index contributed by atoms with van der Waals surface area (Å²) >= 11 is 0. The number of hydrogen-bond acceptors (Lipinski definition) is 3. The second kappa shape index (κ2) is 4.05. The summed E-state index contributed by atoms with van der Waals surface area (Å²) in [5.41, 5.74) is 2.54. The Labute approximate surface area is 85.2 Å². The lowest BCUT2D eigenvalue weighted by molar-refractivity contribution is 0.184. The highest BCUT2D eigenvalue weighted by molar-refractivity contribution is 5.18. The van der Waals surface area contributed by atoms with E-state index < -0.39 is 0 Å². The van der Waals surface area contributed by atoms with Crippen LogP contribution in [0.25, 0.3) is 0 Å². The maximum atomic E-state index is 4.30. The Bertz CT molecular complexity index is 311. The van der Waals surface area contributed by atoms with Gasteiger partial charge in [0, 0.05) is 43.0 Å². The molecule has 1 atom stereocenters. The van der Waals surface area contributed by atoms with Gasteiger partial charge in [-0.2, -0.15) is 0 Å². The summed E-state index contributed by atoms with van der Waals surface area (Å²) < 4.78 is 0. The molecule has 0 radical (unpaired) electrons. The Morgan fingerprint density at radius 1 is 1.57 bits per heavy atom. The first kappa shape index (κ1) is 9.59. The van der Waals surface area contributed by atoms with Crippen molar-refractivity contribution in [2.45, 2.75) is 39.3 Å². The molecular formula is C11H17N3. The van der Waals surface area contributed by atoms with Crippen LogP contribution in [0.5, 0.6) is 0 Å². The fourth-order valence-electron chi connectivity index (χ4n) is 1.92. The summed E-state index contributed by atoms with van der Waals surface area (Å²) in [7, 11) is 0. The van der Waals surface area contributed by atoms with Crippen molar-refractivity contribution >= 4 is 0 Å². The van der Waals surface area contributed by atoms with Crippen molar-refractivity contribution in [3.05, 3.63) is 23.8 Å². The van der Waals surface area contributed by atoms with E-state index in [-0.39, 0.29) is 0 Å². The van der Waals surface area contributed by atoms with Gasteiger partial charge in [-0.05, 0) is 13.3 Å². The van der Waals surface area contributed by atoms with Crippen molar-refractivity contribution in [1.82, 2.24) is 14.9 Å². The minimum Gasteiger partial charge on any atom is -0.296 e. The number of fused-ring (bicyclic) bond motifs is 1. The zero-order chi connectivity index (χ0) is 9.97. The van der Waals surface area contributed by atoms with E-state index in [1.165, 1.54) is 17.7 Å². The number of aromatic nitrogens is 2. The van der Waals surface area contributed by atoms with Crippen LogP contribution < -0.4 is 0 Å². The second-order valence-corrected chi connectivity index (χ2v) is 3.97. The predicted molar refractivity (Wildman–Crippen MR) is 55.9 cm³/mol. The van der Waals surface area contributed by atoms with Gasteiger partial charge in [0.2, 0.25) is 0 Å². The van der Waals surface area contributed by atoms with Crippen LogP contribution in [0.1, 0.15) is 31.5 Å². The van der Waals surface area contributed by atoms with Crippen LogP contribution in [0, 0.1) is 0 Å². The Kier molecular flexibility index (Phi) is 2.77. The molecule has 2 rings (SSSR count). The Morgan fingerprint density at radius 2 is 2.43 bits per heavy atom. The molecule has 0 aromatic carbocycles. The van der Waals surface area contributed by atoms with E-state index in [4.69, 9.17) is 0 Å². The zero-order valence-electron chi connectivity index (χ0n) is 8.90. The lowest BCUT2D eigenvalue weighted by Crippen LogP contribution is -2.37. The van der Waals surface area contributed by atoms with Crippen LogP contribution in [-0.4, -0.2) is 27.5 Å². The molecule has 1 aliphatic heterocycles. The molecule has 76 valence electrons. The quantitative estimate of drug-likeness (QED) is 0.711. The first-order valence-electron chi connectivity index (χ1n) is 5.33. The van der Waals surface area contributed by atoms with Crippen LogP contribution in [0.15, 0.2) is 12.5 Å². The maximum Gasteiger partial charge on any atom is 0.115 e. The molecule has 0 N–H and O–H groups in total. The van der Waals surface area contributed by atoms with Crippen LogP contribution in [-0.2, 0) is 13.0 Å². The van der Waals surface area contributed by atoms with Gasteiger partial charge in [0.25, 0.3) is 0 Å². The first-order valence-corrected chi connectivity index (χ1v) is 5.33. The first-order chi connectivity index (χ1) is 6.81. The van der Waals surface area contributed by atoms with E-state index in [2.05, 4.69) is 28.7 Å². The second-order valence-electron chi connectivity index (χ2n) is 3.97. The Balaban J connectivity index is 2.13. The number of hydrogen-bond donors (Lipinski definition) is 0. The van der Waals surface area contributed by atoms with E-state index in [0.29, 0.717) is 6.04 Å². The van der Waals surface area contributed by atoms with Crippen molar-refractivity contribution in [1.29, 1.82) is 0 Å². The molecule has 0 aliphatic carbocycles. The summed E-state index contributed by atoms with van der Waals surface area (Å²) in [6, 6.07) is 0.670. The SMILES string of the molecule is CCC(C)N1CCc2ncncc2C1. The standard InChI is InChI=1S/C11H17N3/c1-3-9(2)14-5-4-11-10(7-14)6-12-8-13-11/h6,8-9H,3-5,7H2,1-2H3. The fourth-order valence-corrected chi connectivity index (χ4v) is 1.92. The van der Waals surface area contributed by atoms with Crippen molar-refractivity contribution < 1.29 is 0 Å². The van der Waals surface area contributed by atoms with E-state index >= 15 is 0 Å². The molecule has 1 aliphatic rings. The van der Waals surface area contributed by atoms with E-state index in [0.717, 1.165) is 19.5 Å². The summed E-state index contributed by atoms with van der Waals surface area (Å²) in [4.78, 5) is 10.9. The summed E-state index contributed by atoms with van der Waals surface area (Å²) in [6.45, 7) is 6.68. The van der Waals surface area contributed by atoms with Gasteiger partial charge in [-0.25, -0.2) is 9.97 Å². The molecule has 0 bridgehead atoms. The van der Waals surface area contributed by atoms with Gasteiger partial charge in [-0.1, -0.05) is 6.92 Å². The van der Waals surface area contributed by atoms with Crippen molar-refractivity contribution in [3.8, 4) is 0 Å². The smallest absolute Gasteiger partial charge is 0.115 e. The van der Waals surface area contributed by atoms with E-state index in [1.807, 2.05) is 6.20 Å². The molecule has 0 spiro atoms. The van der Waals surface area contributed by atoms with Crippen LogP contribution in [0.3, 0.4) is 0 Å². The average molecular weight is 191 g/mol. The summed E-state index contributed by atoms with van der Waals surface area (Å²) in [5.74, 6) is 0. The molecule has 2 heterocycles. The molecule has 3 nitrogen and oxygen atoms in total. The van der Waals surface area contributed by atoms with Gasteiger partial charge in [0.05, 0.1) is 0 Å². The van der Waals surface area contributed by atoms with Crippen LogP contribution in [0.4, 0.5) is 0 Å². The van der Waals surface area contributed by atoms with Gasteiger partial charge in [0.1, 0.15) is 6.33 Å². The van der Waals surface area contributed by atoms with Gasteiger partial charge in [-0.15, -0.1) is 0 Å². The van der Waals surface area contributed by atoms with Gasteiger partial charge in [-0.3, -0.25) is 4.90 Å². The molecule has 0 saturated carbocycles. The topological polar surface area (TPSA) is 29.0 Å². The van der Waals surface area contributed by atoms with Gasteiger partial charge < -0.3 is 0 Å². The number of rotatable bonds is 2. The molecular weight excluding hydrogens is 174 g/mol. The lowest BCUT2D eigenvalue weighted by Gasteiger charge is -2.32. The van der Waals surface area contributed by atoms with Crippen molar-refractivity contribution in [2.24, 2.45) is 0 Å². The minimum atomic E-state index is 0.670. The molecule has 1 aromatic rings. The lowest BCUT2D eigenvalue weighted by atomic mass is 10.1. The largest absolute Gasteiger partial charge is 0.296 e. The normalized spacial score (nSPS) is 19.0. The van der Waals surface area contributed by atoms with Crippen molar-refractivity contribution in [2.75, 3.05) is 6.54 Å². The summed E-state index contributed by atoms with van der Waals surface area (Å²) in [6.07, 6.45) is 5.89. The molecule has 1 aromatic heterocycles. The average Bonchev–Trinajstić information content (AvgIpc) is 2.27. The van der Waals surface area contributed by atoms with Gasteiger partial charge in [0.15, 0.2) is 0 Å². The predicted octanol–water partition coefficient (Wildman–Crippen LogP) is 1.63. The van der Waals surface area contributed by atoms with Crippen molar-refractivity contribution in [3.63, 3.8) is 0 Å². The monoisotopic (exact) mass is 191 g/mol. The molecule has 0 saturated heterocycles. The third-order valence-corrected chi connectivity index (χ3v) is 3.10. The zero-order valence-corrected chi connectivity index (χ0v) is 8.90. The van der Waals surface area contributed by atoms with E-state index in [9.17, 15) is 0 Å².